The Hall–Kier alpha value is -0.863. The Morgan fingerprint density at radius 2 is 1.94 bits per heavy atom. The summed E-state index contributed by atoms with van der Waals surface area (Å²) < 4.78 is 0. The maximum Gasteiger partial charge on any atom is 0.0812 e. The van der Waals surface area contributed by atoms with Gasteiger partial charge in [-0.1, -0.05) is 54.7 Å². The molecule has 1 atom stereocenters. The van der Waals surface area contributed by atoms with Gasteiger partial charge in [0, 0.05) is 0 Å². The normalized spacial score (nSPS) is 20.4. The summed E-state index contributed by atoms with van der Waals surface area (Å²) in [6.07, 6.45) is 4.62. The van der Waals surface area contributed by atoms with Gasteiger partial charge in [-0.15, -0.1) is 0 Å². The lowest BCUT2D eigenvalue weighted by atomic mass is 10.1. The average Bonchev–Trinajstić information content (AvgIpc) is 2.77. The molecule has 1 unspecified atom stereocenters. The molecular formula is C15H22OSi. The molecule has 0 bridgehead atoms. The van der Waals surface area contributed by atoms with Gasteiger partial charge in [0.05, 0.1) is 14.7 Å². The Kier molecular flexibility index (Phi) is 3.85. The van der Waals surface area contributed by atoms with Crippen molar-refractivity contribution in [2.75, 3.05) is 6.61 Å². The highest BCUT2D eigenvalue weighted by molar-refractivity contribution is 6.89. The molecular weight excluding hydrogens is 224 g/mol. The van der Waals surface area contributed by atoms with Crippen LogP contribution in [0, 0.1) is 5.92 Å². The summed E-state index contributed by atoms with van der Waals surface area (Å²) in [5.74, 6) is 0.627. The molecule has 1 N–H and O–H groups in total. The number of rotatable bonds is 4. The fraction of sp³-hybridized carbons (Fsp3) is 0.467. The number of hydrogen-bond acceptors (Lipinski definition) is 1. The van der Waals surface area contributed by atoms with Crippen LogP contribution in [-0.2, 0) is 0 Å². The predicted octanol–water partition coefficient (Wildman–Crippen LogP) is 2.93. The van der Waals surface area contributed by atoms with Crippen LogP contribution < -0.4 is 5.19 Å². The molecule has 0 radical (unpaired) electrons. The molecule has 0 aromatic heterocycles. The maximum atomic E-state index is 9.35. The Balaban J connectivity index is 2.10. The molecule has 0 fully saturated rings. The lowest BCUT2D eigenvalue weighted by Crippen LogP contribution is -2.42. The Morgan fingerprint density at radius 3 is 2.59 bits per heavy atom. The molecule has 1 aromatic carbocycles. The molecule has 2 heteroatoms. The van der Waals surface area contributed by atoms with Crippen LogP contribution in [0.15, 0.2) is 42.0 Å². The van der Waals surface area contributed by atoms with Crippen molar-refractivity contribution in [2.24, 2.45) is 5.92 Å². The van der Waals surface area contributed by atoms with Gasteiger partial charge in [0.2, 0.25) is 0 Å². The van der Waals surface area contributed by atoms with Gasteiger partial charge in [0.25, 0.3) is 0 Å². The summed E-state index contributed by atoms with van der Waals surface area (Å²) in [6.45, 7) is 5.13. The van der Waals surface area contributed by atoms with Crippen molar-refractivity contribution in [3.63, 3.8) is 0 Å². The van der Waals surface area contributed by atoms with Crippen LogP contribution in [0.5, 0.6) is 0 Å². The first kappa shape index (κ1) is 12.6. The van der Waals surface area contributed by atoms with Gasteiger partial charge in [-0.3, -0.25) is 0 Å². The standard InChI is InChI=1S/C15H22OSi/c1-17(2,15-9-4-3-5-10-15)12-14-8-6-7-13(14)11-16/h3-5,7,9-10,14,16H,6,8,11-12H2,1-2H3. The fourth-order valence-electron chi connectivity index (χ4n) is 2.87. The van der Waals surface area contributed by atoms with E-state index in [0.29, 0.717) is 5.92 Å². The number of aliphatic hydroxyl groups excluding tert-OH is 1. The summed E-state index contributed by atoms with van der Waals surface area (Å²) in [5.41, 5.74) is 1.28. The lowest BCUT2D eigenvalue weighted by Gasteiger charge is -2.27. The summed E-state index contributed by atoms with van der Waals surface area (Å²) in [5, 5.41) is 10.9. The van der Waals surface area contributed by atoms with Gasteiger partial charge < -0.3 is 5.11 Å². The van der Waals surface area contributed by atoms with E-state index >= 15 is 0 Å². The molecule has 0 aliphatic heterocycles. The number of hydrogen-bond donors (Lipinski definition) is 1. The van der Waals surface area contributed by atoms with Crippen LogP contribution in [0.3, 0.4) is 0 Å². The Labute approximate surface area is 105 Å². The SMILES string of the molecule is C[Si](C)(CC1CCC=C1CO)c1ccccc1. The topological polar surface area (TPSA) is 20.2 Å². The van der Waals surface area contributed by atoms with Gasteiger partial charge in [0.15, 0.2) is 0 Å². The monoisotopic (exact) mass is 246 g/mol. The largest absolute Gasteiger partial charge is 0.392 e. The van der Waals surface area contributed by atoms with E-state index in [-0.39, 0.29) is 6.61 Å². The minimum absolute atomic E-state index is 0.254. The van der Waals surface area contributed by atoms with Gasteiger partial charge in [-0.25, -0.2) is 0 Å². The molecule has 1 aliphatic rings. The first-order valence-corrected chi connectivity index (χ1v) is 9.69. The first-order chi connectivity index (χ1) is 8.13. The number of benzene rings is 1. The molecule has 0 spiro atoms. The van der Waals surface area contributed by atoms with E-state index < -0.39 is 8.07 Å². The Morgan fingerprint density at radius 1 is 1.24 bits per heavy atom. The van der Waals surface area contributed by atoms with E-state index in [1.807, 2.05) is 0 Å². The second-order valence-corrected chi connectivity index (χ2v) is 10.4. The van der Waals surface area contributed by atoms with Crippen LogP contribution >= 0.6 is 0 Å². The first-order valence-electron chi connectivity index (χ1n) is 6.49. The van der Waals surface area contributed by atoms with Crippen molar-refractivity contribution in [3.05, 3.63) is 42.0 Å². The molecule has 1 nitrogen and oxygen atoms in total. The van der Waals surface area contributed by atoms with Crippen molar-refractivity contribution in [1.29, 1.82) is 0 Å². The van der Waals surface area contributed by atoms with Crippen molar-refractivity contribution >= 4 is 13.3 Å². The van der Waals surface area contributed by atoms with Crippen LogP contribution in [0.2, 0.25) is 19.1 Å². The average molecular weight is 246 g/mol. The van der Waals surface area contributed by atoms with E-state index in [1.54, 1.807) is 0 Å². The predicted molar refractivity (Wildman–Crippen MR) is 76.3 cm³/mol. The summed E-state index contributed by atoms with van der Waals surface area (Å²) in [7, 11) is -1.35. The third kappa shape index (κ3) is 2.88. The maximum absolute atomic E-state index is 9.35. The summed E-state index contributed by atoms with van der Waals surface area (Å²) in [4.78, 5) is 0. The quantitative estimate of drug-likeness (QED) is 0.640. The van der Waals surface area contributed by atoms with E-state index in [9.17, 15) is 5.11 Å². The van der Waals surface area contributed by atoms with Gasteiger partial charge >= 0.3 is 0 Å². The van der Waals surface area contributed by atoms with Crippen LogP contribution in [0.1, 0.15) is 12.8 Å². The molecule has 1 aliphatic carbocycles. The molecule has 0 saturated heterocycles. The highest BCUT2D eigenvalue weighted by Gasteiger charge is 2.30. The Bertz CT molecular complexity index is 395. The second kappa shape index (κ2) is 5.19. The van der Waals surface area contributed by atoms with Crippen molar-refractivity contribution < 1.29 is 5.11 Å². The minimum atomic E-state index is -1.35. The van der Waals surface area contributed by atoms with Crippen molar-refractivity contribution in [2.45, 2.75) is 32.0 Å². The smallest absolute Gasteiger partial charge is 0.0812 e. The zero-order chi connectivity index (χ0) is 12.3. The summed E-state index contributed by atoms with van der Waals surface area (Å²) >= 11 is 0. The number of aliphatic hydroxyl groups is 1. The van der Waals surface area contributed by atoms with Gasteiger partial charge in [-0.05, 0) is 30.4 Å². The molecule has 0 amide bonds. The second-order valence-electron chi connectivity index (χ2n) is 5.67. The molecule has 0 heterocycles. The molecule has 1 aromatic rings. The third-order valence-corrected chi connectivity index (χ3v) is 7.35. The van der Waals surface area contributed by atoms with Crippen LogP contribution in [0.4, 0.5) is 0 Å². The lowest BCUT2D eigenvalue weighted by molar-refractivity contribution is 0.318. The van der Waals surface area contributed by atoms with Crippen LogP contribution in [0.25, 0.3) is 0 Å². The zero-order valence-corrected chi connectivity index (χ0v) is 11.8. The number of allylic oxidation sites excluding steroid dienone is 1. The van der Waals surface area contributed by atoms with Gasteiger partial charge in [0.1, 0.15) is 0 Å². The van der Waals surface area contributed by atoms with Gasteiger partial charge in [-0.2, -0.15) is 0 Å². The summed E-state index contributed by atoms with van der Waals surface area (Å²) in [6, 6.07) is 12.2. The highest BCUT2D eigenvalue weighted by atomic mass is 28.3. The fourth-order valence-corrected chi connectivity index (χ4v) is 5.90. The molecule has 2 rings (SSSR count). The third-order valence-electron chi connectivity index (χ3n) is 3.94. The zero-order valence-electron chi connectivity index (χ0n) is 10.8. The van der Waals surface area contributed by atoms with E-state index in [1.165, 1.54) is 23.2 Å². The van der Waals surface area contributed by atoms with E-state index in [0.717, 1.165) is 6.42 Å². The highest BCUT2D eigenvalue weighted by Crippen LogP contribution is 2.32. The molecule has 92 valence electrons. The van der Waals surface area contributed by atoms with E-state index in [2.05, 4.69) is 49.5 Å². The molecule has 17 heavy (non-hydrogen) atoms. The molecule has 0 saturated carbocycles. The van der Waals surface area contributed by atoms with Crippen LogP contribution in [-0.4, -0.2) is 19.8 Å². The minimum Gasteiger partial charge on any atom is -0.392 e. The van der Waals surface area contributed by atoms with E-state index in [4.69, 9.17) is 0 Å². The van der Waals surface area contributed by atoms with Crippen molar-refractivity contribution in [3.8, 4) is 0 Å². The van der Waals surface area contributed by atoms with Crippen molar-refractivity contribution in [1.82, 2.24) is 0 Å².